The molecule has 0 spiro atoms. The van der Waals surface area contributed by atoms with Crippen molar-refractivity contribution < 1.29 is 48.9 Å². The Morgan fingerprint density at radius 2 is 1.30 bits per heavy atom. The molecule has 0 aliphatic carbocycles. The van der Waals surface area contributed by atoms with E-state index >= 15 is 0 Å². The van der Waals surface area contributed by atoms with Crippen molar-refractivity contribution in [2.75, 3.05) is 39.4 Å². The fourth-order valence-electron chi connectivity index (χ4n) is 5.70. The Balaban J connectivity index is 1.62. The second kappa shape index (κ2) is 15.1. The molecule has 0 unspecified atom stereocenters. The number of carbonyl (C=O) groups is 7. The minimum Gasteiger partial charge on any atom is -0.480 e. The SMILES string of the molecule is C[C@H](NC(=O)CNC(=O)[C@@H](N)CO)C(=O)N1CCC[C@H]1C(=O)N1CCC[C@H]1C(=O)N1CCC[C@H]1C(=O)N[C@@H](CO)C(=O)O. The van der Waals surface area contributed by atoms with Gasteiger partial charge in [0.15, 0.2) is 0 Å². The van der Waals surface area contributed by atoms with Gasteiger partial charge in [0.1, 0.15) is 36.3 Å². The standard InChI is InChI=1S/C26H41N7O10/c1-14(29-20(36)11-28-21(37)15(27)12-34)23(39)32-9-3-6-18(32)25(41)33-10-4-7-19(33)24(40)31-8-2-5-17(31)22(38)30-16(13-35)26(42)43/h14-19,34-35H,2-13,27H2,1H3,(H,28,37)(H,29,36)(H,30,38)(H,42,43)/t14-,15-,16-,17-,18-,19-/m0/s1. The van der Waals surface area contributed by atoms with Gasteiger partial charge in [0.25, 0.3) is 0 Å². The van der Waals surface area contributed by atoms with Gasteiger partial charge in [0, 0.05) is 19.6 Å². The molecule has 3 rings (SSSR count). The van der Waals surface area contributed by atoms with E-state index in [4.69, 9.17) is 15.9 Å². The molecule has 0 radical (unpaired) electrons. The zero-order valence-electron chi connectivity index (χ0n) is 24.1. The Morgan fingerprint density at radius 1 is 0.791 bits per heavy atom. The third kappa shape index (κ3) is 7.97. The van der Waals surface area contributed by atoms with Crippen LogP contribution < -0.4 is 21.7 Å². The summed E-state index contributed by atoms with van der Waals surface area (Å²) >= 11 is 0. The lowest BCUT2D eigenvalue weighted by atomic mass is 10.1. The van der Waals surface area contributed by atoms with Crippen LogP contribution in [0.1, 0.15) is 45.4 Å². The number of carboxylic acids is 1. The highest BCUT2D eigenvalue weighted by Gasteiger charge is 2.46. The van der Waals surface area contributed by atoms with Crippen LogP contribution in [-0.4, -0.2) is 147 Å². The number of carboxylic acid groups (broad SMARTS) is 1. The first-order chi connectivity index (χ1) is 20.4. The van der Waals surface area contributed by atoms with E-state index in [-0.39, 0.29) is 19.6 Å². The number of carbonyl (C=O) groups excluding carboxylic acids is 6. The van der Waals surface area contributed by atoms with Crippen LogP contribution in [0.2, 0.25) is 0 Å². The van der Waals surface area contributed by atoms with Crippen LogP contribution in [0.3, 0.4) is 0 Å². The molecule has 3 aliphatic heterocycles. The number of nitrogens with two attached hydrogens (primary N) is 1. The molecule has 17 heteroatoms. The molecule has 0 aromatic heterocycles. The molecule has 8 N–H and O–H groups in total. The summed E-state index contributed by atoms with van der Waals surface area (Å²) in [5, 5.41) is 34.3. The van der Waals surface area contributed by atoms with Crippen LogP contribution in [0.15, 0.2) is 0 Å². The first-order valence-corrected chi connectivity index (χ1v) is 14.4. The van der Waals surface area contributed by atoms with E-state index in [0.717, 1.165) is 0 Å². The van der Waals surface area contributed by atoms with Crippen molar-refractivity contribution >= 4 is 41.4 Å². The van der Waals surface area contributed by atoms with Crippen LogP contribution in [0.5, 0.6) is 0 Å². The second-order valence-corrected chi connectivity index (χ2v) is 10.9. The number of aliphatic hydroxyl groups is 2. The van der Waals surface area contributed by atoms with Crippen LogP contribution in [0.4, 0.5) is 0 Å². The Bertz CT molecular complexity index is 1100. The molecule has 0 aromatic carbocycles. The van der Waals surface area contributed by atoms with Gasteiger partial charge < -0.3 is 51.7 Å². The molecule has 0 saturated carbocycles. The Kier molecular flexibility index (Phi) is 11.8. The van der Waals surface area contributed by atoms with Crippen molar-refractivity contribution in [1.82, 2.24) is 30.7 Å². The summed E-state index contributed by atoms with van der Waals surface area (Å²) in [6.07, 6.45) is 2.62. The molecule has 3 fully saturated rings. The molecule has 17 nitrogen and oxygen atoms in total. The molecular weight excluding hydrogens is 570 g/mol. The van der Waals surface area contributed by atoms with Gasteiger partial charge in [-0.1, -0.05) is 0 Å². The lowest BCUT2D eigenvalue weighted by molar-refractivity contribution is -0.151. The monoisotopic (exact) mass is 611 g/mol. The molecule has 0 bridgehead atoms. The van der Waals surface area contributed by atoms with Crippen molar-refractivity contribution in [3.05, 3.63) is 0 Å². The van der Waals surface area contributed by atoms with E-state index in [1.54, 1.807) is 0 Å². The van der Waals surface area contributed by atoms with Gasteiger partial charge in [-0.2, -0.15) is 0 Å². The number of nitrogens with zero attached hydrogens (tertiary/aromatic N) is 3. The molecule has 6 amide bonds. The van der Waals surface area contributed by atoms with Gasteiger partial charge in [-0.05, 0) is 45.4 Å². The summed E-state index contributed by atoms with van der Waals surface area (Å²) in [6, 6.07) is -6.34. The maximum atomic E-state index is 13.7. The average molecular weight is 612 g/mol. The van der Waals surface area contributed by atoms with E-state index in [1.165, 1.54) is 21.6 Å². The number of amides is 6. The number of hydrogen-bond donors (Lipinski definition) is 7. The largest absolute Gasteiger partial charge is 0.480 e. The van der Waals surface area contributed by atoms with E-state index in [0.29, 0.717) is 38.5 Å². The maximum absolute atomic E-state index is 13.7. The highest BCUT2D eigenvalue weighted by molar-refractivity contribution is 5.97. The zero-order chi connectivity index (χ0) is 31.8. The lowest BCUT2D eigenvalue weighted by Gasteiger charge is -2.34. The zero-order valence-corrected chi connectivity index (χ0v) is 24.1. The van der Waals surface area contributed by atoms with Gasteiger partial charge in [-0.15, -0.1) is 0 Å². The molecule has 6 atom stereocenters. The normalized spacial score (nSPS) is 23.8. The summed E-state index contributed by atoms with van der Waals surface area (Å²) < 4.78 is 0. The number of aliphatic carboxylic acids is 1. The number of hydrogen-bond acceptors (Lipinski definition) is 10. The predicted molar refractivity (Wildman–Crippen MR) is 147 cm³/mol. The first-order valence-electron chi connectivity index (χ1n) is 14.4. The molecule has 3 saturated heterocycles. The van der Waals surface area contributed by atoms with Crippen LogP contribution >= 0.6 is 0 Å². The van der Waals surface area contributed by atoms with Crippen LogP contribution in [-0.2, 0) is 33.6 Å². The fraction of sp³-hybridized carbons (Fsp3) is 0.731. The highest BCUT2D eigenvalue weighted by Crippen LogP contribution is 2.28. The fourth-order valence-corrected chi connectivity index (χ4v) is 5.70. The molecule has 0 aromatic rings. The van der Waals surface area contributed by atoms with Crippen molar-refractivity contribution in [1.29, 1.82) is 0 Å². The molecule has 3 heterocycles. The molecular formula is C26H41N7O10. The minimum absolute atomic E-state index is 0.254. The average Bonchev–Trinajstić information content (AvgIpc) is 3.77. The van der Waals surface area contributed by atoms with E-state index in [2.05, 4.69) is 16.0 Å². The minimum atomic E-state index is -1.50. The summed E-state index contributed by atoms with van der Waals surface area (Å²) in [6.45, 7) is 0.401. The second-order valence-electron chi connectivity index (χ2n) is 10.9. The van der Waals surface area contributed by atoms with Gasteiger partial charge in [-0.25, -0.2) is 4.79 Å². The maximum Gasteiger partial charge on any atom is 0.328 e. The van der Waals surface area contributed by atoms with Gasteiger partial charge >= 0.3 is 5.97 Å². The van der Waals surface area contributed by atoms with Crippen molar-refractivity contribution in [2.45, 2.75) is 81.7 Å². The molecule has 240 valence electrons. The topological polar surface area (TPSA) is 252 Å². The lowest BCUT2D eigenvalue weighted by Crippen LogP contribution is -2.58. The van der Waals surface area contributed by atoms with Gasteiger partial charge in [0.2, 0.25) is 35.4 Å². The number of rotatable bonds is 12. The summed E-state index contributed by atoms with van der Waals surface area (Å²) in [5.41, 5.74) is 5.39. The summed E-state index contributed by atoms with van der Waals surface area (Å²) in [5.74, 6) is -4.83. The smallest absolute Gasteiger partial charge is 0.328 e. The molecule has 43 heavy (non-hydrogen) atoms. The van der Waals surface area contributed by atoms with E-state index < -0.39 is 97.4 Å². The van der Waals surface area contributed by atoms with Crippen LogP contribution in [0, 0.1) is 0 Å². The third-order valence-corrected chi connectivity index (χ3v) is 7.98. The Labute approximate surface area is 248 Å². The Morgan fingerprint density at radius 3 is 1.84 bits per heavy atom. The van der Waals surface area contributed by atoms with Crippen molar-refractivity contribution in [3.8, 4) is 0 Å². The predicted octanol–water partition coefficient (Wildman–Crippen LogP) is -4.54. The first kappa shape index (κ1) is 33.7. The number of likely N-dealkylation sites (tertiary alicyclic amines) is 3. The van der Waals surface area contributed by atoms with E-state index in [9.17, 15) is 38.7 Å². The quantitative estimate of drug-likeness (QED) is 0.111. The van der Waals surface area contributed by atoms with Gasteiger partial charge in [-0.3, -0.25) is 28.8 Å². The van der Waals surface area contributed by atoms with Crippen molar-refractivity contribution in [3.63, 3.8) is 0 Å². The number of aliphatic hydroxyl groups excluding tert-OH is 2. The summed E-state index contributed by atoms with van der Waals surface area (Å²) in [7, 11) is 0. The number of nitrogens with one attached hydrogen (secondary N) is 3. The van der Waals surface area contributed by atoms with E-state index in [1.807, 2.05) is 0 Å². The van der Waals surface area contributed by atoms with Crippen LogP contribution in [0.25, 0.3) is 0 Å². The van der Waals surface area contributed by atoms with Crippen molar-refractivity contribution in [2.24, 2.45) is 5.73 Å². The third-order valence-electron chi connectivity index (χ3n) is 7.98. The highest BCUT2D eigenvalue weighted by atomic mass is 16.4. The molecule has 3 aliphatic rings. The Hall–Kier alpha value is -3.83. The van der Waals surface area contributed by atoms with Gasteiger partial charge in [0.05, 0.1) is 19.8 Å². The summed E-state index contributed by atoms with van der Waals surface area (Å²) in [4.78, 5) is 92.6.